The fraction of sp³-hybridized carbons (Fsp3) is 0.385. The maximum Gasteiger partial charge on any atom is 0.305 e. The quantitative estimate of drug-likeness (QED) is 0.845. The Hall–Kier alpha value is -1.91. The second-order valence-corrected chi connectivity index (χ2v) is 4.45. The predicted octanol–water partition coefficient (Wildman–Crippen LogP) is 2.20. The van der Waals surface area contributed by atoms with Gasteiger partial charge in [-0.2, -0.15) is 0 Å². The first kappa shape index (κ1) is 14.2. The van der Waals surface area contributed by atoms with Crippen LogP contribution < -0.4 is 5.32 Å². The van der Waals surface area contributed by atoms with Crippen LogP contribution in [0.1, 0.15) is 37.0 Å². The van der Waals surface area contributed by atoms with Crippen LogP contribution in [-0.4, -0.2) is 22.5 Å². The second-order valence-electron chi connectivity index (χ2n) is 4.45. The molecule has 1 aromatic rings. The number of carbonyl (C=O) groups is 2. The summed E-state index contributed by atoms with van der Waals surface area (Å²) in [7, 11) is 0. The number of benzene rings is 1. The molecule has 0 saturated carbocycles. The van der Waals surface area contributed by atoms with Crippen LogP contribution >= 0.6 is 0 Å². The average Bonchev–Trinajstić information content (AvgIpc) is 2.28. The highest BCUT2D eigenvalue weighted by Crippen LogP contribution is 2.15. The van der Waals surface area contributed by atoms with Crippen LogP contribution in [0.2, 0.25) is 0 Å². The zero-order chi connectivity index (χ0) is 13.8. The molecule has 0 saturated heterocycles. The van der Waals surface area contributed by atoms with Gasteiger partial charge in [-0.25, -0.2) is 4.39 Å². The Bertz CT molecular complexity index is 444. The fourth-order valence-corrected chi connectivity index (χ4v) is 1.54. The van der Waals surface area contributed by atoms with Gasteiger partial charge in [0.05, 0.1) is 6.42 Å². The number of carboxylic acids is 1. The Morgan fingerprint density at radius 3 is 2.33 bits per heavy atom. The van der Waals surface area contributed by atoms with E-state index in [0.717, 1.165) is 0 Å². The van der Waals surface area contributed by atoms with Crippen LogP contribution in [0.15, 0.2) is 24.3 Å². The van der Waals surface area contributed by atoms with Crippen molar-refractivity contribution in [3.8, 4) is 0 Å². The van der Waals surface area contributed by atoms with E-state index in [1.807, 2.05) is 0 Å². The van der Waals surface area contributed by atoms with Crippen LogP contribution in [0.25, 0.3) is 0 Å². The van der Waals surface area contributed by atoms with Crippen molar-refractivity contribution in [3.05, 3.63) is 35.6 Å². The summed E-state index contributed by atoms with van der Waals surface area (Å²) < 4.78 is 12.7. The Kier molecular flexibility index (Phi) is 4.42. The number of amides is 1. The molecule has 98 valence electrons. The van der Waals surface area contributed by atoms with Crippen LogP contribution in [0, 0.1) is 5.82 Å². The maximum absolute atomic E-state index is 12.7. The number of hydrogen-bond donors (Lipinski definition) is 2. The largest absolute Gasteiger partial charge is 0.481 e. The van der Waals surface area contributed by atoms with Gasteiger partial charge >= 0.3 is 5.97 Å². The van der Waals surface area contributed by atoms with Crippen molar-refractivity contribution in [1.82, 2.24) is 5.32 Å². The molecule has 0 aliphatic heterocycles. The molecule has 0 aromatic heterocycles. The van der Waals surface area contributed by atoms with Gasteiger partial charge in [0, 0.05) is 11.1 Å². The normalized spacial score (nSPS) is 13.7. The van der Waals surface area contributed by atoms with E-state index >= 15 is 0 Å². The Morgan fingerprint density at radius 1 is 1.33 bits per heavy atom. The van der Waals surface area contributed by atoms with Gasteiger partial charge in [0.25, 0.3) is 5.91 Å². The lowest BCUT2D eigenvalue weighted by Crippen LogP contribution is -2.47. The third kappa shape index (κ3) is 3.84. The van der Waals surface area contributed by atoms with Crippen molar-refractivity contribution in [3.63, 3.8) is 0 Å². The molecule has 1 aromatic carbocycles. The first-order valence-corrected chi connectivity index (χ1v) is 5.66. The van der Waals surface area contributed by atoms with Gasteiger partial charge in [-0.05, 0) is 37.6 Å². The SMILES string of the molecule is CC[C@](C)(CC(=O)O)NC(=O)c1ccc(F)cc1. The number of carbonyl (C=O) groups excluding carboxylic acids is 1. The number of aliphatic carboxylic acids is 1. The highest BCUT2D eigenvalue weighted by atomic mass is 19.1. The van der Waals surface area contributed by atoms with Crippen LogP contribution in [0.5, 0.6) is 0 Å². The van der Waals surface area contributed by atoms with Crippen molar-refractivity contribution in [2.24, 2.45) is 0 Å². The summed E-state index contributed by atoms with van der Waals surface area (Å²) in [5.41, 5.74) is -0.501. The molecule has 1 amide bonds. The molecule has 0 spiro atoms. The third-order valence-electron chi connectivity index (χ3n) is 2.84. The molecular formula is C13H16FNO3. The van der Waals surface area contributed by atoms with Gasteiger partial charge in [0.1, 0.15) is 5.82 Å². The molecule has 18 heavy (non-hydrogen) atoms. The van der Waals surface area contributed by atoms with Gasteiger partial charge in [-0.15, -0.1) is 0 Å². The first-order chi connectivity index (χ1) is 8.36. The molecule has 0 aliphatic rings. The Balaban J connectivity index is 2.79. The van der Waals surface area contributed by atoms with Crippen LogP contribution in [0.4, 0.5) is 4.39 Å². The zero-order valence-corrected chi connectivity index (χ0v) is 10.4. The molecule has 4 nitrogen and oxygen atoms in total. The van der Waals surface area contributed by atoms with Crippen molar-refractivity contribution in [1.29, 1.82) is 0 Å². The van der Waals surface area contributed by atoms with Crippen LogP contribution in [-0.2, 0) is 4.79 Å². The van der Waals surface area contributed by atoms with Gasteiger partial charge in [0.2, 0.25) is 0 Å². The summed E-state index contributed by atoms with van der Waals surface area (Å²) in [5, 5.41) is 11.5. The Morgan fingerprint density at radius 2 is 1.89 bits per heavy atom. The van der Waals surface area contributed by atoms with Crippen molar-refractivity contribution >= 4 is 11.9 Å². The highest BCUT2D eigenvalue weighted by molar-refractivity contribution is 5.94. The summed E-state index contributed by atoms with van der Waals surface area (Å²) >= 11 is 0. The lowest BCUT2D eigenvalue weighted by Gasteiger charge is -2.27. The molecule has 0 bridgehead atoms. The summed E-state index contributed by atoms with van der Waals surface area (Å²) in [6.45, 7) is 3.47. The van der Waals surface area contributed by atoms with Gasteiger partial charge in [0.15, 0.2) is 0 Å². The standard InChI is InChI=1S/C13H16FNO3/c1-3-13(2,8-11(16)17)15-12(18)9-4-6-10(14)7-5-9/h4-7H,3,8H2,1-2H3,(H,15,18)(H,16,17)/t13-/m1/s1. The summed E-state index contributed by atoms with van der Waals surface area (Å²) in [6, 6.07) is 5.10. The van der Waals surface area contributed by atoms with Crippen molar-refractivity contribution in [2.45, 2.75) is 32.2 Å². The number of halogens is 1. The van der Waals surface area contributed by atoms with E-state index in [1.165, 1.54) is 24.3 Å². The minimum atomic E-state index is -0.973. The molecule has 0 unspecified atom stereocenters. The van der Waals surface area contributed by atoms with Gasteiger partial charge in [-0.3, -0.25) is 9.59 Å². The number of rotatable bonds is 5. The summed E-state index contributed by atoms with van der Waals surface area (Å²) in [6.07, 6.45) is 0.336. The van der Waals surface area contributed by atoms with E-state index in [0.29, 0.717) is 12.0 Å². The molecule has 0 radical (unpaired) electrons. The van der Waals surface area contributed by atoms with E-state index in [4.69, 9.17) is 5.11 Å². The van der Waals surface area contributed by atoms with Crippen molar-refractivity contribution in [2.75, 3.05) is 0 Å². The maximum atomic E-state index is 12.7. The Labute approximate surface area is 105 Å². The zero-order valence-electron chi connectivity index (χ0n) is 10.4. The van der Waals surface area contributed by atoms with E-state index in [-0.39, 0.29) is 6.42 Å². The lowest BCUT2D eigenvalue weighted by molar-refractivity contribution is -0.138. The number of nitrogens with one attached hydrogen (secondary N) is 1. The summed E-state index contributed by atoms with van der Waals surface area (Å²) in [4.78, 5) is 22.6. The minimum Gasteiger partial charge on any atom is -0.481 e. The molecule has 0 aliphatic carbocycles. The monoisotopic (exact) mass is 253 g/mol. The summed E-state index contributed by atoms with van der Waals surface area (Å²) in [5.74, 6) is -1.80. The smallest absolute Gasteiger partial charge is 0.305 e. The predicted molar refractivity (Wildman–Crippen MR) is 64.8 cm³/mol. The third-order valence-corrected chi connectivity index (χ3v) is 2.84. The molecule has 0 fully saturated rings. The van der Waals surface area contributed by atoms with E-state index in [2.05, 4.69) is 5.32 Å². The second kappa shape index (κ2) is 5.62. The lowest BCUT2D eigenvalue weighted by atomic mass is 9.94. The van der Waals surface area contributed by atoms with E-state index in [1.54, 1.807) is 13.8 Å². The van der Waals surface area contributed by atoms with E-state index < -0.39 is 23.2 Å². The van der Waals surface area contributed by atoms with Crippen LogP contribution in [0.3, 0.4) is 0 Å². The molecule has 0 heterocycles. The molecule has 5 heteroatoms. The highest BCUT2D eigenvalue weighted by Gasteiger charge is 2.27. The van der Waals surface area contributed by atoms with E-state index in [9.17, 15) is 14.0 Å². The molecule has 1 atom stereocenters. The van der Waals surface area contributed by atoms with Crippen molar-refractivity contribution < 1.29 is 19.1 Å². The molecule has 2 N–H and O–H groups in total. The topological polar surface area (TPSA) is 66.4 Å². The molecular weight excluding hydrogens is 237 g/mol. The van der Waals surface area contributed by atoms with Gasteiger partial charge in [-0.1, -0.05) is 6.92 Å². The minimum absolute atomic E-state index is 0.156. The van der Waals surface area contributed by atoms with Gasteiger partial charge < -0.3 is 10.4 Å². The number of carboxylic acid groups (broad SMARTS) is 1. The number of hydrogen-bond acceptors (Lipinski definition) is 2. The fourth-order valence-electron chi connectivity index (χ4n) is 1.54. The molecule has 1 rings (SSSR count). The average molecular weight is 253 g/mol. The first-order valence-electron chi connectivity index (χ1n) is 5.66.